The maximum Gasteiger partial charge on any atom is 0.351 e. The molecule has 1 fully saturated rings. The molecular weight excluding hydrogens is 415 g/mol. The first-order valence-corrected chi connectivity index (χ1v) is 8.60. The lowest BCUT2D eigenvalue weighted by atomic mass is 10.1. The maximum absolute atomic E-state index is 11.9. The molecule has 2 rings (SSSR count). The Bertz CT molecular complexity index is 621. The van der Waals surface area contributed by atoms with Gasteiger partial charge in [-0.2, -0.15) is 4.98 Å². The van der Waals surface area contributed by atoms with Crippen LogP contribution in [0.25, 0.3) is 0 Å². The average Bonchev–Trinajstić information content (AvgIpc) is 2.84. The summed E-state index contributed by atoms with van der Waals surface area (Å²) < 4.78 is 12.6. The summed E-state index contributed by atoms with van der Waals surface area (Å²) in [5.74, 6) is -0.264. The highest BCUT2D eigenvalue weighted by molar-refractivity contribution is 14.1. The number of aromatic nitrogens is 2. The largest absolute Gasteiger partial charge is 0.462 e. The van der Waals surface area contributed by atoms with Gasteiger partial charge in [-0.1, -0.05) is 36.4 Å². The van der Waals surface area contributed by atoms with Crippen molar-refractivity contribution >= 4 is 34.4 Å². The van der Waals surface area contributed by atoms with E-state index >= 15 is 0 Å². The summed E-state index contributed by atoms with van der Waals surface area (Å²) in [6.45, 7) is 3.83. The first-order chi connectivity index (χ1) is 10.8. The van der Waals surface area contributed by atoms with Gasteiger partial charge < -0.3 is 20.9 Å². The van der Waals surface area contributed by atoms with Crippen LogP contribution in [0.3, 0.4) is 0 Å². The lowest BCUT2D eigenvalue weighted by Crippen LogP contribution is -2.39. The molecule has 4 N–H and O–H groups in total. The van der Waals surface area contributed by atoms with E-state index in [1.54, 1.807) is 12.3 Å². The first kappa shape index (κ1) is 18.1. The summed E-state index contributed by atoms with van der Waals surface area (Å²) in [5, 5.41) is 0. The zero-order valence-corrected chi connectivity index (χ0v) is 15.2. The second kappa shape index (κ2) is 7.58. The van der Waals surface area contributed by atoms with Crippen LogP contribution in [0.15, 0.2) is 17.1 Å². The minimum absolute atomic E-state index is 0.00886. The van der Waals surface area contributed by atoms with Gasteiger partial charge in [0, 0.05) is 16.5 Å². The SMILES string of the molecule is CC(C)[C@H](N)C(=O)OC[C@@H]1O[C@H](n2ccc(N)nc2=O)CC1I. The van der Waals surface area contributed by atoms with Gasteiger partial charge >= 0.3 is 11.7 Å². The molecule has 1 aliphatic heterocycles. The highest BCUT2D eigenvalue weighted by atomic mass is 127. The van der Waals surface area contributed by atoms with E-state index in [9.17, 15) is 9.59 Å². The van der Waals surface area contributed by atoms with E-state index in [1.165, 1.54) is 4.57 Å². The van der Waals surface area contributed by atoms with E-state index in [0.717, 1.165) is 0 Å². The number of carbonyl (C=O) groups is 1. The van der Waals surface area contributed by atoms with Crippen LogP contribution >= 0.6 is 22.6 Å². The van der Waals surface area contributed by atoms with E-state index in [0.29, 0.717) is 6.42 Å². The second-order valence-corrected chi connectivity index (χ2v) is 7.42. The van der Waals surface area contributed by atoms with E-state index in [-0.39, 0.29) is 28.4 Å². The molecule has 1 saturated heterocycles. The predicted molar refractivity (Wildman–Crippen MR) is 93.0 cm³/mol. The number of nitrogens with two attached hydrogens (primary N) is 2. The van der Waals surface area contributed by atoms with Gasteiger partial charge in [-0.05, 0) is 12.0 Å². The number of carbonyl (C=O) groups excluding carboxylic acids is 1. The Labute approximate surface area is 147 Å². The van der Waals surface area contributed by atoms with Crippen molar-refractivity contribution < 1.29 is 14.3 Å². The van der Waals surface area contributed by atoms with Crippen LogP contribution in [0.1, 0.15) is 26.5 Å². The molecule has 0 aliphatic carbocycles. The zero-order chi connectivity index (χ0) is 17.1. The van der Waals surface area contributed by atoms with Gasteiger partial charge in [-0.15, -0.1) is 0 Å². The Morgan fingerprint density at radius 1 is 1.61 bits per heavy atom. The maximum atomic E-state index is 11.9. The van der Waals surface area contributed by atoms with Crippen LogP contribution in [0.2, 0.25) is 0 Å². The van der Waals surface area contributed by atoms with Gasteiger partial charge in [-0.3, -0.25) is 9.36 Å². The normalized spacial score (nSPS) is 25.5. The van der Waals surface area contributed by atoms with Crippen molar-refractivity contribution in [2.75, 3.05) is 12.3 Å². The van der Waals surface area contributed by atoms with E-state index in [4.69, 9.17) is 20.9 Å². The molecule has 8 nitrogen and oxygen atoms in total. The molecule has 0 spiro atoms. The summed E-state index contributed by atoms with van der Waals surface area (Å²) in [4.78, 5) is 27.4. The van der Waals surface area contributed by atoms with Gasteiger partial charge in [-0.25, -0.2) is 4.79 Å². The standard InChI is InChI=1S/C14H21IN4O4/c1-7(2)12(17)13(20)22-6-9-8(15)5-11(23-9)19-4-3-10(16)18-14(19)21/h3-4,7-9,11-12H,5-6,17H2,1-2H3,(H2,16,18,21)/t8?,9-,11-,12-/m0/s1. The van der Waals surface area contributed by atoms with E-state index < -0.39 is 23.9 Å². The van der Waals surface area contributed by atoms with Crippen molar-refractivity contribution in [2.24, 2.45) is 11.7 Å². The summed E-state index contributed by atoms with van der Waals surface area (Å²) in [6, 6.07) is 0.894. The van der Waals surface area contributed by atoms with E-state index in [2.05, 4.69) is 27.6 Å². The van der Waals surface area contributed by atoms with Crippen LogP contribution in [0.5, 0.6) is 0 Å². The topological polar surface area (TPSA) is 122 Å². The fraction of sp³-hybridized carbons (Fsp3) is 0.643. The third-order valence-corrected chi connectivity index (χ3v) is 5.01. The Balaban J connectivity index is 1.96. The highest BCUT2D eigenvalue weighted by Gasteiger charge is 2.36. The number of rotatable bonds is 5. The molecule has 0 saturated carbocycles. The summed E-state index contributed by atoms with van der Waals surface area (Å²) in [5.41, 5.74) is 10.8. The fourth-order valence-electron chi connectivity index (χ4n) is 2.19. The van der Waals surface area contributed by atoms with Gasteiger partial charge in [0.15, 0.2) is 0 Å². The quantitative estimate of drug-likeness (QED) is 0.390. The van der Waals surface area contributed by atoms with Crippen molar-refractivity contribution in [3.8, 4) is 0 Å². The molecule has 23 heavy (non-hydrogen) atoms. The first-order valence-electron chi connectivity index (χ1n) is 7.36. The van der Waals surface area contributed by atoms with Crippen LogP contribution in [0, 0.1) is 5.92 Å². The molecule has 4 atom stereocenters. The molecule has 2 heterocycles. The summed E-state index contributed by atoms with van der Waals surface area (Å²) >= 11 is 2.22. The molecule has 1 unspecified atom stereocenters. The monoisotopic (exact) mass is 436 g/mol. The zero-order valence-electron chi connectivity index (χ0n) is 13.0. The molecule has 9 heteroatoms. The Hall–Kier alpha value is -1.20. The molecule has 1 aliphatic rings. The predicted octanol–water partition coefficient (Wildman–Crippen LogP) is 0.443. The number of hydrogen-bond acceptors (Lipinski definition) is 7. The third-order valence-electron chi connectivity index (χ3n) is 3.70. The third kappa shape index (κ3) is 4.42. The Kier molecular flexibility index (Phi) is 5.98. The lowest BCUT2D eigenvalue weighted by molar-refractivity contribution is -0.150. The number of esters is 1. The number of anilines is 1. The molecule has 1 aromatic heterocycles. The number of ether oxygens (including phenoxy) is 2. The molecule has 128 valence electrons. The van der Waals surface area contributed by atoms with Crippen LogP contribution < -0.4 is 17.2 Å². The Morgan fingerprint density at radius 2 is 2.30 bits per heavy atom. The Morgan fingerprint density at radius 3 is 2.91 bits per heavy atom. The smallest absolute Gasteiger partial charge is 0.351 e. The second-order valence-electron chi connectivity index (χ2n) is 5.82. The minimum Gasteiger partial charge on any atom is -0.462 e. The van der Waals surface area contributed by atoms with Crippen molar-refractivity contribution in [2.45, 2.75) is 42.6 Å². The van der Waals surface area contributed by atoms with Crippen molar-refractivity contribution in [3.05, 3.63) is 22.7 Å². The van der Waals surface area contributed by atoms with Crippen LogP contribution in [-0.2, 0) is 14.3 Å². The summed E-state index contributed by atoms with van der Waals surface area (Å²) in [6.07, 6.45) is 1.43. The van der Waals surface area contributed by atoms with E-state index in [1.807, 2.05) is 13.8 Å². The highest BCUT2D eigenvalue weighted by Crippen LogP contribution is 2.33. The van der Waals surface area contributed by atoms with Crippen LogP contribution in [-0.4, -0.2) is 38.2 Å². The molecule has 1 aromatic rings. The molecular formula is C14H21IN4O4. The molecule has 0 radical (unpaired) electrons. The van der Waals surface area contributed by atoms with Crippen molar-refractivity contribution in [1.82, 2.24) is 9.55 Å². The van der Waals surface area contributed by atoms with Gasteiger partial charge in [0.1, 0.15) is 30.8 Å². The molecule has 0 amide bonds. The number of alkyl halides is 1. The van der Waals surface area contributed by atoms with Crippen LogP contribution in [0.4, 0.5) is 5.82 Å². The van der Waals surface area contributed by atoms with Crippen molar-refractivity contribution in [1.29, 1.82) is 0 Å². The van der Waals surface area contributed by atoms with Gasteiger partial charge in [0.25, 0.3) is 0 Å². The number of hydrogen-bond donors (Lipinski definition) is 2. The number of nitrogen functional groups attached to an aromatic ring is 1. The number of halogens is 1. The summed E-state index contributed by atoms with van der Waals surface area (Å²) in [7, 11) is 0. The van der Waals surface area contributed by atoms with Gasteiger partial charge in [0.05, 0.1) is 0 Å². The number of nitrogens with zero attached hydrogens (tertiary/aromatic N) is 2. The molecule has 0 aromatic carbocycles. The van der Waals surface area contributed by atoms with Gasteiger partial charge in [0.2, 0.25) is 0 Å². The lowest BCUT2D eigenvalue weighted by Gasteiger charge is -2.19. The minimum atomic E-state index is -0.649. The average molecular weight is 436 g/mol. The van der Waals surface area contributed by atoms with Crippen molar-refractivity contribution in [3.63, 3.8) is 0 Å². The fourth-order valence-corrected chi connectivity index (χ4v) is 3.00. The molecule has 0 bridgehead atoms.